The molecular formula is C12H17FN2O2. The summed E-state index contributed by atoms with van der Waals surface area (Å²) in [4.78, 5) is 11.6. The lowest BCUT2D eigenvalue weighted by atomic mass is 10.1. The van der Waals surface area contributed by atoms with Gasteiger partial charge in [-0.1, -0.05) is 12.1 Å². The van der Waals surface area contributed by atoms with Crippen molar-refractivity contribution in [2.75, 3.05) is 20.3 Å². The highest BCUT2D eigenvalue weighted by Gasteiger charge is 2.10. The Kier molecular flexibility index (Phi) is 5.59. The summed E-state index contributed by atoms with van der Waals surface area (Å²) in [5.41, 5.74) is 6.24. The predicted molar refractivity (Wildman–Crippen MR) is 63.0 cm³/mol. The molecule has 0 fully saturated rings. The second kappa shape index (κ2) is 6.98. The van der Waals surface area contributed by atoms with E-state index in [4.69, 9.17) is 10.5 Å². The third-order valence-corrected chi connectivity index (χ3v) is 2.30. The Bertz CT molecular complexity index is 354. The van der Waals surface area contributed by atoms with Crippen molar-refractivity contribution in [2.45, 2.75) is 12.5 Å². The van der Waals surface area contributed by atoms with Gasteiger partial charge in [-0.2, -0.15) is 0 Å². The summed E-state index contributed by atoms with van der Waals surface area (Å²) in [5.74, 6) is -0.461. The molecule has 5 heteroatoms. The molecule has 1 amide bonds. The van der Waals surface area contributed by atoms with Crippen molar-refractivity contribution in [3.63, 3.8) is 0 Å². The van der Waals surface area contributed by atoms with Gasteiger partial charge in [0.25, 0.3) is 0 Å². The fraction of sp³-hybridized carbons (Fsp3) is 0.417. The molecule has 1 aromatic carbocycles. The minimum Gasteiger partial charge on any atom is -0.383 e. The van der Waals surface area contributed by atoms with Gasteiger partial charge in [-0.25, -0.2) is 4.39 Å². The van der Waals surface area contributed by atoms with Gasteiger partial charge in [0, 0.05) is 13.7 Å². The summed E-state index contributed by atoms with van der Waals surface area (Å²) < 4.78 is 17.6. The molecule has 0 aliphatic carbocycles. The van der Waals surface area contributed by atoms with Crippen molar-refractivity contribution < 1.29 is 13.9 Å². The van der Waals surface area contributed by atoms with Crippen molar-refractivity contribution in [2.24, 2.45) is 5.73 Å². The van der Waals surface area contributed by atoms with E-state index in [9.17, 15) is 9.18 Å². The molecule has 17 heavy (non-hydrogen) atoms. The molecule has 1 unspecified atom stereocenters. The van der Waals surface area contributed by atoms with E-state index in [1.165, 1.54) is 12.1 Å². The minimum absolute atomic E-state index is 0.149. The smallest absolute Gasteiger partial charge is 0.224 e. The summed E-state index contributed by atoms with van der Waals surface area (Å²) in [5, 5.41) is 2.75. The monoisotopic (exact) mass is 240 g/mol. The number of benzene rings is 1. The maximum absolute atomic E-state index is 12.7. The molecule has 1 atom stereocenters. The van der Waals surface area contributed by atoms with Crippen LogP contribution in [0.5, 0.6) is 0 Å². The molecule has 0 aliphatic heterocycles. The van der Waals surface area contributed by atoms with Crippen LogP contribution < -0.4 is 11.1 Å². The van der Waals surface area contributed by atoms with Gasteiger partial charge in [0.15, 0.2) is 0 Å². The zero-order chi connectivity index (χ0) is 12.7. The Balaban J connectivity index is 2.46. The Morgan fingerprint density at radius 1 is 1.47 bits per heavy atom. The van der Waals surface area contributed by atoms with Gasteiger partial charge in [0.2, 0.25) is 5.91 Å². The normalized spacial score (nSPS) is 12.2. The number of nitrogens with two attached hydrogens (primary N) is 1. The number of hydrogen-bond donors (Lipinski definition) is 2. The maximum atomic E-state index is 12.7. The number of carbonyl (C=O) groups is 1. The van der Waals surface area contributed by atoms with Crippen molar-refractivity contribution in [1.82, 2.24) is 5.32 Å². The number of ether oxygens (including phenoxy) is 1. The van der Waals surface area contributed by atoms with E-state index >= 15 is 0 Å². The second-order valence-electron chi connectivity index (χ2n) is 3.76. The fourth-order valence-electron chi connectivity index (χ4n) is 1.44. The van der Waals surface area contributed by atoms with Crippen molar-refractivity contribution in [3.05, 3.63) is 35.6 Å². The van der Waals surface area contributed by atoms with Crippen LogP contribution in [0.4, 0.5) is 4.39 Å². The summed E-state index contributed by atoms with van der Waals surface area (Å²) in [6.45, 7) is 0.703. The number of halogens is 1. The van der Waals surface area contributed by atoms with Crippen molar-refractivity contribution in [3.8, 4) is 0 Å². The van der Waals surface area contributed by atoms with Crippen molar-refractivity contribution in [1.29, 1.82) is 0 Å². The highest BCUT2D eigenvalue weighted by Crippen LogP contribution is 2.03. The lowest BCUT2D eigenvalue weighted by molar-refractivity contribution is -0.121. The number of methoxy groups -OCH3 is 1. The number of rotatable bonds is 6. The molecule has 3 N–H and O–H groups in total. The average molecular weight is 240 g/mol. The van der Waals surface area contributed by atoms with Crippen LogP contribution in [0.15, 0.2) is 24.3 Å². The SMILES string of the molecule is COCC(CN)NC(=O)Cc1ccc(F)cc1. The molecule has 0 bridgehead atoms. The second-order valence-corrected chi connectivity index (χ2v) is 3.76. The van der Waals surface area contributed by atoms with Crippen LogP contribution in [-0.2, 0) is 16.0 Å². The molecular weight excluding hydrogens is 223 g/mol. The van der Waals surface area contributed by atoms with Gasteiger partial charge in [0.1, 0.15) is 5.82 Å². The molecule has 0 heterocycles. The molecule has 0 spiro atoms. The van der Waals surface area contributed by atoms with Crippen LogP contribution in [-0.4, -0.2) is 32.2 Å². The largest absolute Gasteiger partial charge is 0.383 e. The van der Waals surface area contributed by atoms with Crippen LogP contribution in [0.25, 0.3) is 0 Å². The van der Waals surface area contributed by atoms with Gasteiger partial charge < -0.3 is 15.8 Å². The van der Waals surface area contributed by atoms with Gasteiger partial charge in [-0.05, 0) is 17.7 Å². The number of hydrogen-bond acceptors (Lipinski definition) is 3. The van der Waals surface area contributed by atoms with Gasteiger partial charge >= 0.3 is 0 Å². The molecule has 94 valence electrons. The van der Waals surface area contributed by atoms with Crippen LogP contribution in [0.3, 0.4) is 0 Å². The zero-order valence-corrected chi connectivity index (χ0v) is 9.78. The van der Waals surface area contributed by atoms with Gasteiger partial charge in [-0.3, -0.25) is 4.79 Å². The first-order valence-electron chi connectivity index (χ1n) is 5.38. The van der Waals surface area contributed by atoms with Gasteiger partial charge in [-0.15, -0.1) is 0 Å². The predicted octanol–water partition coefficient (Wildman–Crippen LogP) is 0.458. The molecule has 4 nitrogen and oxygen atoms in total. The lowest BCUT2D eigenvalue weighted by Crippen LogP contribution is -2.43. The topological polar surface area (TPSA) is 64.3 Å². The third kappa shape index (κ3) is 4.93. The Hall–Kier alpha value is -1.46. The molecule has 0 saturated heterocycles. The molecule has 1 rings (SSSR count). The van der Waals surface area contributed by atoms with Gasteiger partial charge in [0.05, 0.1) is 19.1 Å². The highest BCUT2D eigenvalue weighted by atomic mass is 19.1. The summed E-state index contributed by atoms with van der Waals surface area (Å²) >= 11 is 0. The summed E-state index contributed by atoms with van der Waals surface area (Å²) in [7, 11) is 1.55. The standard InChI is InChI=1S/C12H17FN2O2/c1-17-8-11(7-14)15-12(16)6-9-2-4-10(13)5-3-9/h2-5,11H,6-8,14H2,1H3,(H,15,16). The van der Waals surface area contributed by atoms with Crippen LogP contribution in [0, 0.1) is 5.82 Å². The average Bonchev–Trinajstić information content (AvgIpc) is 2.31. The number of amides is 1. The maximum Gasteiger partial charge on any atom is 0.224 e. The van der Waals surface area contributed by atoms with E-state index < -0.39 is 0 Å². The van der Waals surface area contributed by atoms with E-state index in [0.717, 1.165) is 5.56 Å². The van der Waals surface area contributed by atoms with Crippen LogP contribution in [0.2, 0.25) is 0 Å². The van der Waals surface area contributed by atoms with Crippen LogP contribution >= 0.6 is 0 Å². The first-order valence-corrected chi connectivity index (χ1v) is 5.38. The first-order chi connectivity index (χ1) is 8.15. The Labute approximate surface area is 100.0 Å². The minimum atomic E-state index is -0.312. The number of nitrogens with one attached hydrogen (secondary N) is 1. The molecule has 0 aromatic heterocycles. The number of carbonyl (C=O) groups excluding carboxylic acids is 1. The van der Waals surface area contributed by atoms with E-state index in [2.05, 4.69) is 5.32 Å². The van der Waals surface area contributed by atoms with E-state index in [-0.39, 0.29) is 24.2 Å². The molecule has 0 saturated carbocycles. The Morgan fingerprint density at radius 3 is 2.65 bits per heavy atom. The third-order valence-electron chi connectivity index (χ3n) is 2.30. The summed E-state index contributed by atoms with van der Waals surface area (Å²) in [6, 6.07) is 5.65. The lowest BCUT2D eigenvalue weighted by Gasteiger charge is -2.15. The molecule has 1 aromatic rings. The van der Waals surface area contributed by atoms with Crippen molar-refractivity contribution >= 4 is 5.91 Å². The molecule has 0 radical (unpaired) electrons. The van der Waals surface area contributed by atoms with E-state index in [1.807, 2.05) is 0 Å². The first kappa shape index (κ1) is 13.6. The Morgan fingerprint density at radius 2 is 2.12 bits per heavy atom. The highest BCUT2D eigenvalue weighted by molar-refractivity contribution is 5.78. The quantitative estimate of drug-likeness (QED) is 0.759. The van der Waals surface area contributed by atoms with Crippen LogP contribution in [0.1, 0.15) is 5.56 Å². The van der Waals surface area contributed by atoms with E-state index in [0.29, 0.717) is 13.2 Å². The summed E-state index contributed by atoms with van der Waals surface area (Å²) in [6.07, 6.45) is 0.209. The fourth-order valence-corrected chi connectivity index (χ4v) is 1.44. The molecule has 0 aliphatic rings. The zero-order valence-electron chi connectivity index (χ0n) is 9.78. The van der Waals surface area contributed by atoms with E-state index in [1.54, 1.807) is 19.2 Å².